The van der Waals surface area contributed by atoms with Crippen LogP contribution in [0.15, 0.2) is 42.5 Å². The highest BCUT2D eigenvalue weighted by atomic mass is 16.3. The summed E-state index contributed by atoms with van der Waals surface area (Å²) in [5, 5.41) is 20.1. The van der Waals surface area contributed by atoms with Gasteiger partial charge in [0.1, 0.15) is 11.7 Å². The first kappa shape index (κ1) is 9.44. The third kappa shape index (κ3) is 1.47. The molecule has 0 spiro atoms. The molecule has 0 amide bonds. The normalized spacial score (nSPS) is 31.7. The summed E-state index contributed by atoms with van der Waals surface area (Å²) in [7, 11) is 0. The van der Waals surface area contributed by atoms with Crippen LogP contribution < -0.4 is 0 Å². The van der Waals surface area contributed by atoms with Crippen molar-refractivity contribution in [2.75, 3.05) is 0 Å². The van der Waals surface area contributed by atoms with Gasteiger partial charge in [0.15, 0.2) is 0 Å². The van der Waals surface area contributed by atoms with Crippen molar-refractivity contribution in [1.82, 2.24) is 0 Å². The summed E-state index contributed by atoms with van der Waals surface area (Å²) < 4.78 is 0. The number of aliphatic hydroxyl groups is 2. The monoisotopic (exact) mass is 190 g/mol. The molecule has 0 bridgehead atoms. The topological polar surface area (TPSA) is 40.5 Å². The molecule has 2 unspecified atom stereocenters. The third-order valence-corrected chi connectivity index (χ3v) is 2.77. The molecule has 0 saturated carbocycles. The van der Waals surface area contributed by atoms with Gasteiger partial charge in [-0.3, -0.25) is 0 Å². The molecule has 0 radical (unpaired) electrons. The van der Waals surface area contributed by atoms with Gasteiger partial charge < -0.3 is 10.2 Å². The zero-order valence-electron chi connectivity index (χ0n) is 7.93. The zero-order chi connectivity index (χ0) is 10.0. The van der Waals surface area contributed by atoms with Crippen LogP contribution in [-0.4, -0.2) is 16.3 Å². The van der Waals surface area contributed by atoms with E-state index in [-0.39, 0.29) is 0 Å². The first-order valence-electron chi connectivity index (χ1n) is 4.86. The van der Waals surface area contributed by atoms with E-state index in [1.54, 1.807) is 6.08 Å². The van der Waals surface area contributed by atoms with Crippen molar-refractivity contribution < 1.29 is 10.2 Å². The maximum atomic E-state index is 10.3. The van der Waals surface area contributed by atoms with Crippen LogP contribution in [0.5, 0.6) is 0 Å². The first-order chi connectivity index (χ1) is 6.73. The molecule has 2 nitrogen and oxygen atoms in total. The molecule has 2 atom stereocenters. The summed E-state index contributed by atoms with van der Waals surface area (Å²) in [5.74, 6) is 0. The fourth-order valence-electron chi connectivity index (χ4n) is 1.88. The van der Waals surface area contributed by atoms with Gasteiger partial charge in [-0.15, -0.1) is 0 Å². The van der Waals surface area contributed by atoms with Crippen molar-refractivity contribution in [3.8, 4) is 0 Å². The molecule has 1 aliphatic rings. The fourth-order valence-corrected chi connectivity index (χ4v) is 1.88. The lowest BCUT2D eigenvalue weighted by Gasteiger charge is -2.34. The second-order valence-corrected chi connectivity index (χ2v) is 3.70. The van der Waals surface area contributed by atoms with E-state index >= 15 is 0 Å². The van der Waals surface area contributed by atoms with Crippen LogP contribution in [0.1, 0.15) is 18.4 Å². The van der Waals surface area contributed by atoms with E-state index in [0.29, 0.717) is 6.42 Å². The van der Waals surface area contributed by atoms with Gasteiger partial charge in [0.05, 0.1) is 0 Å². The van der Waals surface area contributed by atoms with Crippen LogP contribution in [0.3, 0.4) is 0 Å². The second-order valence-electron chi connectivity index (χ2n) is 3.70. The standard InChI is InChI=1S/C12H14O2/c13-11-8-4-5-9-12(11,14)10-6-2-1-3-7-10/h1-4,6-8,11,13-14H,5,9H2. The van der Waals surface area contributed by atoms with Gasteiger partial charge in [0, 0.05) is 0 Å². The molecule has 1 aromatic carbocycles. The van der Waals surface area contributed by atoms with Crippen molar-refractivity contribution >= 4 is 0 Å². The highest BCUT2D eigenvalue weighted by Gasteiger charge is 2.36. The molecule has 0 aliphatic heterocycles. The lowest BCUT2D eigenvalue weighted by Crippen LogP contribution is -2.39. The molecule has 2 heteroatoms. The molecule has 14 heavy (non-hydrogen) atoms. The number of rotatable bonds is 1. The summed E-state index contributed by atoms with van der Waals surface area (Å²) in [6, 6.07) is 9.35. The van der Waals surface area contributed by atoms with E-state index in [2.05, 4.69) is 0 Å². The Hall–Kier alpha value is -1.12. The average Bonchev–Trinajstić information content (AvgIpc) is 2.24. The van der Waals surface area contributed by atoms with E-state index in [1.807, 2.05) is 36.4 Å². The van der Waals surface area contributed by atoms with E-state index in [1.165, 1.54) is 0 Å². The Morgan fingerprint density at radius 1 is 1.21 bits per heavy atom. The van der Waals surface area contributed by atoms with E-state index < -0.39 is 11.7 Å². The van der Waals surface area contributed by atoms with Crippen molar-refractivity contribution in [2.24, 2.45) is 0 Å². The Morgan fingerprint density at radius 2 is 1.93 bits per heavy atom. The lowest BCUT2D eigenvalue weighted by atomic mass is 9.81. The van der Waals surface area contributed by atoms with Crippen molar-refractivity contribution in [2.45, 2.75) is 24.5 Å². The van der Waals surface area contributed by atoms with Gasteiger partial charge in [-0.2, -0.15) is 0 Å². The molecule has 1 aromatic rings. The van der Waals surface area contributed by atoms with Crippen LogP contribution in [0.4, 0.5) is 0 Å². The molecule has 0 aromatic heterocycles. The number of hydrogen-bond donors (Lipinski definition) is 2. The second kappa shape index (κ2) is 3.56. The fraction of sp³-hybridized carbons (Fsp3) is 0.333. The minimum atomic E-state index is -1.10. The maximum Gasteiger partial charge on any atom is 0.119 e. The minimum Gasteiger partial charge on any atom is -0.386 e. The van der Waals surface area contributed by atoms with Crippen LogP contribution in [0.2, 0.25) is 0 Å². The largest absolute Gasteiger partial charge is 0.386 e. The predicted molar refractivity (Wildman–Crippen MR) is 54.7 cm³/mol. The highest BCUT2D eigenvalue weighted by Crippen LogP contribution is 2.33. The van der Waals surface area contributed by atoms with Crippen LogP contribution in [0, 0.1) is 0 Å². The van der Waals surface area contributed by atoms with Crippen LogP contribution >= 0.6 is 0 Å². The Balaban J connectivity index is 2.37. The van der Waals surface area contributed by atoms with Gasteiger partial charge in [-0.05, 0) is 18.4 Å². The van der Waals surface area contributed by atoms with Crippen molar-refractivity contribution in [3.05, 3.63) is 48.0 Å². The lowest BCUT2D eigenvalue weighted by molar-refractivity contribution is -0.0676. The average molecular weight is 190 g/mol. The minimum absolute atomic E-state index is 0.578. The van der Waals surface area contributed by atoms with Crippen LogP contribution in [-0.2, 0) is 5.60 Å². The number of aliphatic hydroxyl groups excluding tert-OH is 1. The van der Waals surface area contributed by atoms with E-state index in [0.717, 1.165) is 12.0 Å². The molecule has 0 heterocycles. The van der Waals surface area contributed by atoms with Crippen LogP contribution in [0.25, 0.3) is 0 Å². The molecule has 1 aliphatic carbocycles. The Morgan fingerprint density at radius 3 is 2.57 bits per heavy atom. The smallest absolute Gasteiger partial charge is 0.119 e. The highest BCUT2D eigenvalue weighted by molar-refractivity contribution is 5.27. The Bertz CT molecular complexity index is 331. The van der Waals surface area contributed by atoms with Gasteiger partial charge >= 0.3 is 0 Å². The first-order valence-corrected chi connectivity index (χ1v) is 4.86. The van der Waals surface area contributed by atoms with Crippen molar-refractivity contribution in [3.63, 3.8) is 0 Å². The molecule has 2 rings (SSSR count). The molecular weight excluding hydrogens is 176 g/mol. The number of benzene rings is 1. The van der Waals surface area contributed by atoms with E-state index in [9.17, 15) is 10.2 Å². The summed E-state index contributed by atoms with van der Waals surface area (Å²) in [6.07, 6.45) is 4.16. The molecule has 0 saturated heterocycles. The predicted octanol–water partition coefficient (Wildman–Crippen LogP) is 1.59. The summed E-state index contributed by atoms with van der Waals surface area (Å²) in [6.45, 7) is 0. The molecule has 2 N–H and O–H groups in total. The SMILES string of the molecule is OC1C=CCCC1(O)c1ccccc1. The molecular formula is C12H14O2. The summed E-state index contributed by atoms with van der Waals surface area (Å²) in [4.78, 5) is 0. The maximum absolute atomic E-state index is 10.3. The Kier molecular flexibility index (Phi) is 2.40. The van der Waals surface area contributed by atoms with Gasteiger partial charge in [0.2, 0.25) is 0 Å². The van der Waals surface area contributed by atoms with Gasteiger partial charge in [-0.1, -0.05) is 42.5 Å². The number of hydrogen-bond acceptors (Lipinski definition) is 2. The quantitative estimate of drug-likeness (QED) is 0.660. The van der Waals surface area contributed by atoms with E-state index in [4.69, 9.17) is 0 Å². The van der Waals surface area contributed by atoms with Gasteiger partial charge in [0.25, 0.3) is 0 Å². The summed E-state index contributed by atoms with van der Waals surface area (Å²) in [5.41, 5.74) is -0.312. The number of allylic oxidation sites excluding steroid dienone is 1. The Labute approximate surface area is 83.5 Å². The zero-order valence-corrected chi connectivity index (χ0v) is 7.93. The summed E-state index contributed by atoms with van der Waals surface area (Å²) >= 11 is 0. The molecule has 74 valence electrons. The van der Waals surface area contributed by atoms with Gasteiger partial charge in [-0.25, -0.2) is 0 Å². The van der Waals surface area contributed by atoms with Crippen molar-refractivity contribution in [1.29, 1.82) is 0 Å². The third-order valence-electron chi connectivity index (χ3n) is 2.77. The molecule has 0 fully saturated rings.